The summed E-state index contributed by atoms with van der Waals surface area (Å²) in [6, 6.07) is 0.109. The van der Waals surface area contributed by atoms with Crippen LogP contribution in [0.4, 0.5) is 0 Å². The first-order valence-corrected chi connectivity index (χ1v) is 4.83. The Labute approximate surface area is 84.7 Å². The van der Waals surface area contributed by atoms with Gasteiger partial charge in [-0.3, -0.25) is 4.68 Å². The van der Waals surface area contributed by atoms with Crippen molar-refractivity contribution in [2.24, 2.45) is 0 Å². The van der Waals surface area contributed by atoms with E-state index in [1.165, 1.54) is 10.9 Å². The van der Waals surface area contributed by atoms with Gasteiger partial charge in [-0.2, -0.15) is 5.10 Å². The SMILES string of the molecule is CC[C@H](C)n1ncc(Br)c1C(=O)O. The lowest BCUT2D eigenvalue weighted by molar-refractivity contribution is 0.0679. The van der Waals surface area contributed by atoms with E-state index < -0.39 is 5.97 Å². The number of carboxylic acid groups (broad SMARTS) is 1. The van der Waals surface area contributed by atoms with E-state index in [-0.39, 0.29) is 11.7 Å². The van der Waals surface area contributed by atoms with Crippen molar-refractivity contribution in [3.63, 3.8) is 0 Å². The minimum Gasteiger partial charge on any atom is -0.476 e. The Morgan fingerprint density at radius 1 is 1.85 bits per heavy atom. The zero-order valence-electron chi connectivity index (χ0n) is 7.49. The van der Waals surface area contributed by atoms with Gasteiger partial charge in [0.05, 0.1) is 10.7 Å². The predicted octanol–water partition coefficient (Wildman–Crippen LogP) is 2.31. The van der Waals surface area contributed by atoms with E-state index in [9.17, 15) is 4.79 Å². The fraction of sp³-hybridized carbons (Fsp3) is 0.500. The van der Waals surface area contributed by atoms with Crippen LogP contribution in [0.2, 0.25) is 0 Å². The molecule has 0 unspecified atom stereocenters. The number of aromatic carboxylic acids is 1. The molecule has 0 aliphatic carbocycles. The first-order chi connectivity index (χ1) is 6.07. The molecule has 0 aliphatic rings. The van der Waals surface area contributed by atoms with Crippen LogP contribution in [0.15, 0.2) is 10.7 Å². The molecule has 1 rings (SSSR count). The highest BCUT2D eigenvalue weighted by molar-refractivity contribution is 9.10. The Kier molecular flexibility index (Phi) is 3.08. The number of aromatic nitrogens is 2. The number of rotatable bonds is 3. The molecule has 0 saturated carbocycles. The summed E-state index contributed by atoms with van der Waals surface area (Å²) in [6.45, 7) is 3.93. The first kappa shape index (κ1) is 10.2. The van der Waals surface area contributed by atoms with Gasteiger partial charge in [0.15, 0.2) is 5.69 Å². The van der Waals surface area contributed by atoms with Crippen molar-refractivity contribution in [1.82, 2.24) is 9.78 Å². The van der Waals surface area contributed by atoms with E-state index in [2.05, 4.69) is 21.0 Å². The highest BCUT2D eigenvalue weighted by Crippen LogP contribution is 2.20. The predicted molar refractivity (Wildman–Crippen MR) is 51.9 cm³/mol. The van der Waals surface area contributed by atoms with E-state index >= 15 is 0 Å². The van der Waals surface area contributed by atoms with Crippen LogP contribution in [-0.2, 0) is 0 Å². The fourth-order valence-corrected chi connectivity index (χ4v) is 1.49. The number of carbonyl (C=O) groups is 1. The van der Waals surface area contributed by atoms with Gasteiger partial charge in [-0.1, -0.05) is 6.92 Å². The number of halogens is 1. The Hall–Kier alpha value is -0.840. The number of nitrogens with zero attached hydrogens (tertiary/aromatic N) is 2. The Morgan fingerprint density at radius 3 is 2.92 bits per heavy atom. The summed E-state index contributed by atoms with van der Waals surface area (Å²) in [5.74, 6) is -0.954. The minimum atomic E-state index is -0.954. The highest BCUT2D eigenvalue weighted by atomic mass is 79.9. The summed E-state index contributed by atoms with van der Waals surface area (Å²) in [5, 5.41) is 12.9. The molecule has 1 atom stereocenters. The third kappa shape index (κ3) is 1.91. The summed E-state index contributed by atoms with van der Waals surface area (Å²) >= 11 is 3.15. The zero-order valence-corrected chi connectivity index (χ0v) is 9.08. The van der Waals surface area contributed by atoms with Crippen LogP contribution in [0, 0.1) is 0 Å². The Bertz CT molecular complexity index is 322. The van der Waals surface area contributed by atoms with Gasteiger partial charge in [-0.15, -0.1) is 0 Å². The second kappa shape index (κ2) is 3.91. The van der Waals surface area contributed by atoms with E-state index in [4.69, 9.17) is 5.11 Å². The van der Waals surface area contributed by atoms with Crippen molar-refractivity contribution < 1.29 is 9.90 Å². The van der Waals surface area contributed by atoms with Crippen molar-refractivity contribution in [3.8, 4) is 0 Å². The molecule has 1 N–H and O–H groups in total. The molecule has 0 radical (unpaired) electrons. The molecule has 0 aliphatic heterocycles. The van der Waals surface area contributed by atoms with Crippen molar-refractivity contribution in [2.75, 3.05) is 0 Å². The lowest BCUT2D eigenvalue weighted by atomic mass is 10.2. The molecular formula is C8H11BrN2O2. The van der Waals surface area contributed by atoms with E-state index in [0.717, 1.165) is 6.42 Å². The zero-order chi connectivity index (χ0) is 10.0. The van der Waals surface area contributed by atoms with Crippen molar-refractivity contribution in [3.05, 3.63) is 16.4 Å². The number of hydrogen-bond acceptors (Lipinski definition) is 2. The average Bonchev–Trinajstić information content (AvgIpc) is 2.45. The smallest absolute Gasteiger partial charge is 0.355 e. The molecule has 4 nitrogen and oxygen atoms in total. The summed E-state index contributed by atoms with van der Waals surface area (Å²) in [7, 11) is 0. The van der Waals surface area contributed by atoms with Crippen LogP contribution in [0.5, 0.6) is 0 Å². The van der Waals surface area contributed by atoms with E-state index in [0.29, 0.717) is 4.47 Å². The van der Waals surface area contributed by atoms with Gasteiger partial charge in [0, 0.05) is 6.04 Å². The summed E-state index contributed by atoms with van der Waals surface area (Å²) < 4.78 is 2.05. The van der Waals surface area contributed by atoms with Gasteiger partial charge >= 0.3 is 5.97 Å². The molecule has 0 fully saturated rings. The van der Waals surface area contributed by atoms with E-state index in [1.54, 1.807) is 0 Å². The maximum absolute atomic E-state index is 10.8. The molecular weight excluding hydrogens is 236 g/mol. The van der Waals surface area contributed by atoms with Crippen molar-refractivity contribution >= 4 is 21.9 Å². The lowest BCUT2D eigenvalue weighted by Gasteiger charge is -2.10. The second-order valence-electron chi connectivity index (χ2n) is 2.85. The Morgan fingerprint density at radius 2 is 2.46 bits per heavy atom. The second-order valence-corrected chi connectivity index (χ2v) is 3.70. The van der Waals surface area contributed by atoms with Gasteiger partial charge < -0.3 is 5.11 Å². The molecule has 0 aromatic carbocycles. The monoisotopic (exact) mass is 246 g/mol. The average molecular weight is 247 g/mol. The fourth-order valence-electron chi connectivity index (χ4n) is 1.05. The topological polar surface area (TPSA) is 55.1 Å². The molecule has 5 heteroatoms. The Balaban J connectivity index is 3.14. The maximum atomic E-state index is 10.8. The summed E-state index contributed by atoms with van der Waals surface area (Å²) in [5.41, 5.74) is 0.217. The van der Waals surface area contributed by atoms with E-state index in [1.807, 2.05) is 13.8 Å². The summed E-state index contributed by atoms with van der Waals surface area (Å²) in [4.78, 5) is 10.8. The van der Waals surface area contributed by atoms with Crippen molar-refractivity contribution in [2.45, 2.75) is 26.3 Å². The standard InChI is InChI=1S/C8H11BrN2O2/c1-3-5(2)11-7(8(12)13)6(9)4-10-11/h4-5H,3H2,1-2H3,(H,12,13)/t5-/m0/s1. The third-order valence-corrected chi connectivity index (χ3v) is 2.54. The largest absolute Gasteiger partial charge is 0.476 e. The number of carboxylic acids is 1. The molecule has 13 heavy (non-hydrogen) atoms. The number of hydrogen-bond donors (Lipinski definition) is 1. The quantitative estimate of drug-likeness (QED) is 0.891. The molecule has 0 amide bonds. The summed E-state index contributed by atoms with van der Waals surface area (Å²) in [6.07, 6.45) is 2.37. The van der Waals surface area contributed by atoms with Gasteiger partial charge in [0.1, 0.15) is 0 Å². The van der Waals surface area contributed by atoms with Crippen LogP contribution >= 0.6 is 15.9 Å². The van der Waals surface area contributed by atoms with Gasteiger partial charge in [0.2, 0.25) is 0 Å². The first-order valence-electron chi connectivity index (χ1n) is 4.04. The molecule has 1 aromatic rings. The molecule has 0 saturated heterocycles. The minimum absolute atomic E-state index is 0.109. The van der Waals surface area contributed by atoms with Crippen LogP contribution in [0.25, 0.3) is 0 Å². The molecule has 72 valence electrons. The van der Waals surface area contributed by atoms with Crippen LogP contribution in [-0.4, -0.2) is 20.9 Å². The molecule has 1 heterocycles. The molecule has 0 spiro atoms. The van der Waals surface area contributed by atoms with Gasteiger partial charge in [-0.25, -0.2) is 4.79 Å². The van der Waals surface area contributed by atoms with Crippen LogP contribution in [0.1, 0.15) is 36.8 Å². The van der Waals surface area contributed by atoms with Crippen molar-refractivity contribution in [1.29, 1.82) is 0 Å². The van der Waals surface area contributed by atoms with Gasteiger partial charge in [0.25, 0.3) is 0 Å². The van der Waals surface area contributed by atoms with Crippen LogP contribution in [0.3, 0.4) is 0 Å². The maximum Gasteiger partial charge on any atom is 0.355 e. The normalized spacial score (nSPS) is 12.8. The van der Waals surface area contributed by atoms with Gasteiger partial charge in [-0.05, 0) is 29.3 Å². The lowest BCUT2D eigenvalue weighted by Crippen LogP contribution is -2.13. The third-order valence-electron chi connectivity index (χ3n) is 1.96. The molecule has 0 bridgehead atoms. The van der Waals surface area contributed by atoms with Crippen LogP contribution < -0.4 is 0 Å². The molecule has 1 aromatic heterocycles. The highest BCUT2D eigenvalue weighted by Gasteiger charge is 2.18.